The van der Waals surface area contributed by atoms with Gasteiger partial charge >= 0.3 is 0 Å². The molecule has 6 heteroatoms. The van der Waals surface area contributed by atoms with Gasteiger partial charge in [-0.05, 0) is 30.7 Å². The van der Waals surface area contributed by atoms with Gasteiger partial charge in [0.25, 0.3) is 0 Å². The zero-order valence-corrected chi connectivity index (χ0v) is 9.51. The van der Waals surface area contributed by atoms with Gasteiger partial charge in [0.05, 0.1) is 12.1 Å². The van der Waals surface area contributed by atoms with Crippen LogP contribution < -0.4 is 5.32 Å². The van der Waals surface area contributed by atoms with Crippen molar-refractivity contribution in [3.8, 4) is 11.4 Å². The summed E-state index contributed by atoms with van der Waals surface area (Å²) in [6, 6.07) is 5.79. The summed E-state index contributed by atoms with van der Waals surface area (Å²) in [5, 5.41) is 16.4. The number of aliphatic hydroxyl groups excluding tert-OH is 1. The van der Waals surface area contributed by atoms with E-state index in [-0.39, 0.29) is 18.0 Å². The van der Waals surface area contributed by atoms with E-state index in [0.717, 1.165) is 0 Å². The average molecular weight is 249 g/mol. The largest absolute Gasteiger partial charge is 0.392 e. The van der Waals surface area contributed by atoms with E-state index in [0.29, 0.717) is 30.2 Å². The van der Waals surface area contributed by atoms with Crippen molar-refractivity contribution in [3.05, 3.63) is 36.0 Å². The number of aliphatic hydroxyl groups is 1. The molecule has 0 amide bonds. The molecular formula is C12H12FN3O2. The van der Waals surface area contributed by atoms with Gasteiger partial charge < -0.3 is 14.9 Å². The molecule has 1 aliphatic rings. The van der Waals surface area contributed by atoms with Gasteiger partial charge in [-0.15, -0.1) is 0 Å². The predicted molar refractivity (Wildman–Crippen MR) is 61.1 cm³/mol. The molecule has 1 saturated heterocycles. The Morgan fingerprint density at radius 2 is 2.11 bits per heavy atom. The summed E-state index contributed by atoms with van der Waals surface area (Å²) in [7, 11) is 0. The van der Waals surface area contributed by atoms with Crippen LogP contribution >= 0.6 is 0 Å². The highest BCUT2D eigenvalue weighted by atomic mass is 19.1. The van der Waals surface area contributed by atoms with Crippen molar-refractivity contribution < 1.29 is 14.0 Å². The molecule has 1 aliphatic heterocycles. The molecule has 2 atom stereocenters. The standard InChI is InChI=1S/C12H12FN3O2/c13-8-3-1-7(2-4-8)11-15-12(18-16-11)10-5-9(17)6-14-10/h1-4,9-10,14,17H,5-6H2/t9?,10-/m0/s1. The number of nitrogens with zero attached hydrogens (tertiary/aromatic N) is 2. The van der Waals surface area contributed by atoms with E-state index in [1.807, 2.05) is 0 Å². The molecule has 2 N–H and O–H groups in total. The van der Waals surface area contributed by atoms with Gasteiger partial charge in [0, 0.05) is 12.1 Å². The van der Waals surface area contributed by atoms with Gasteiger partial charge in [-0.1, -0.05) is 5.16 Å². The fourth-order valence-electron chi connectivity index (χ4n) is 2.00. The highest BCUT2D eigenvalue weighted by molar-refractivity contribution is 5.53. The van der Waals surface area contributed by atoms with E-state index in [4.69, 9.17) is 4.52 Å². The second-order valence-electron chi connectivity index (χ2n) is 4.31. The van der Waals surface area contributed by atoms with E-state index in [1.54, 1.807) is 12.1 Å². The van der Waals surface area contributed by atoms with Crippen LogP contribution in [0, 0.1) is 5.82 Å². The Hall–Kier alpha value is -1.79. The number of halogens is 1. The number of hydrogen-bond donors (Lipinski definition) is 2. The molecule has 0 spiro atoms. The molecule has 0 bridgehead atoms. The molecule has 1 fully saturated rings. The molecule has 94 valence electrons. The molecule has 2 aromatic rings. The molecule has 1 aromatic carbocycles. The Labute approximate surface area is 103 Å². The van der Waals surface area contributed by atoms with Crippen molar-refractivity contribution in [2.24, 2.45) is 0 Å². The minimum absolute atomic E-state index is 0.110. The summed E-state index contributed by atoms with van der Waals surface area (Å²) in [6.07, 6.45) is 0.182. The lowest BCUT2D eigenvalue weighted by Crippen LogP contribution is -2.15. The summed E-state index contributed by atoms with van der Waals surface area (Å²) < 4.78 is 17.9. The highest BCUT2D eigenvalue weighted by Gasteiger charge is 2.28. The summed E-state index contributed by atoms with van der Waals surface area (Å²) in [4.78, 5) is 4.25. The first-order valence-corrected chi connectivity index (χ1v) is 5.73. The fraction of sp³-hybridized carbons (Fsp3) is 0.333. The zero-order chi connectivity index (χ0) is 12.5. The molecule has 5 nitrogen and oxygen atoms in total. The van der Waals surface area contributed by atoms with Crippen LogP contribution in [0.5, 0.6) is 0 Å². The van der Waals surface area contributed by atoms with Crippen LogP contribution in [0.25, 0.3) is 11.4 Å². The minimum Gasteiger partial charge on any atom is -0.392 e. The lowest BCUT2D eigenvalue weighted by molar-refractivity contribution is 0.191. The maximum atomic E-state index is 12.8. The Morgan fingerprint density at radius 3 is 2.78 bits per heavy atom. The van der Waals surface area contributed by atoms with E-state index < -0.39 is 0 Å². The molecule has 1 aromatic heterocycles. The monoisotopic (exact) mass is 249 g/mol. The molecular weight excluding hydrogens is 237 g/mol. The van der Waals surface area contributed by atoms with Crippen molar-refractivity contribution in [1.82, 2.24) is 15.5 Å². The lowest BCUT2D eigenvalue weighted by Gasteiger charge is -2.01. The number of benzene rings is 1. The first kappa shape index (κ1) is 11.3. The topological polar surface area (TPSA) is 71.2 Å². The van der Waals surface area contributed by atoms with E-state index in [9.17, 15) is 9.50 Å². The third kappa shape index (κ3) is 2.12. The second kappa shape index (κ2) is 4.47. The third-order valence-electron chi connectivity index (χ3n) is 2.95. The Bertz CT molecular complexity index is 541. The van der Waals surface area contributed by atoms with Crippen molar-refractivity contribution in [2.75, 3.05) is 6.54 Å². The number of rotatable bonds is 2. The molecule has 2 heterocycles. The highest BCUT2D eigenvalue weighted by Crippen LogP contribution is 2.24. The maximum Gasteiger partial charge on any atom is 0.244 e. The summed E-state index contributed by atoms with van der Waals surface area (Å²) in [5.41, 5.74) is 0.699. The zero-order valence-electron chi connectivity index (χ0n) is 9.51. The average Bonchev–Trinajstić information content (AvgIpc) is 2.98. The van der Waals surface area contributed by atoms with Gasteiger partial charge in [-0.3, -0.25) is 0 Å². The van der Waals surface area contributed by atoms with Crippen LogP contribution in [-0.2, 0) is 0 Å². The van der Waals surface area contributed by atoms with Crippen LogP contribution in [0.4, 0.5) is 4.39 Å². The molecule has 18 heavy (non-hydrogen) atoms. The van der Waals surface area contributed by atoms with Crippen molar-refractivity contribution in [1.29, 1.82) is 0 Å². The maximum absolute atomic E-state index is 12.8. The molecule has 0 radical (unpaired) electrons. The van der Waals surface area contributed by atoms with E-state index in [2.05, 4.69) is 15.5 Å². The minimum atomic E-state index is -0.379. The van der Waals surface area contributed by atoms with Gasteiger partial charge in [-0.25, -0.2) is 4.39 Å². The second-order valence-corrected chi connectivity index (χ2v) is 4.31. The molecule has 0 saturated carbocycles. The Kier molecular flexibility index (Phi) is 2.81. The quantitative estimate of drug-likeness (QED) is 0.838. The van der Waals surface area contributed by atoms with Crippen LogP contribution in [-0.4, -0.2) is 27.9 Å². The fourth-order valence-corrected chi connectivity index (χ4v) is 2.00. The first-order valence-electron chi connectivity index (χ1n) is 5.73. The molecule has 1 unspecified atom stereocenters. The van der Waals surface area contributed by atoms with E-state index in [1.165, 1.54) is 12.1 Å². The number of aromatic nitrogens is 2. The first-order chi connectivity index (χ1) is 8.72. The summed E-state index contributed by atoms with van der Waals surface area (Å²) in [5.74, 6) is 0.571. The van der Waals surface area contributed by atoms with Gasteiger partial charge in [0.15, 0.2) is 0 Å². The smallest absolute Gasteiger partial charge is 0.244 e. The predicted octanol–water partition coefficient (Wildman–Crippen LogP) is 1.27. The number of β-amino-alcohol motifs (C(OH)–C–C–N with tert-alkyl or cyclic N) is 1. The summed E-state index contributed by atoms with van der Waals surface area (Å²) in [6.45, 7) is 0.527. The lowest BCUT2D eigenvalue weighted by atomic mass is 10.2. The normalized spacial score (nSPS) is 23.4. The number of hydrogen-bond acceptors (Lipinski definition) is 5. The molecule has 0 aliphatic carbocycles. The van der Waals surface area contributed by atoms with Crippen LogP contribution in [0.3, 0.4) is 0 Å². The van der Waals surface area contributed by atoms with Crippen molar-refractivity contribution in [2.45, 2.75) is 18.6 Å². The van der Waals surface area contributed by atoms with Gasteiger partial charge in [0.1, 0.15) is 5.82 Å². The van der Waals surface area contributed by atoms with Crippen molar-refractivity contribution >= 4 is 0 Å². The Morgan fingerprint density at radius 1 is 1.33 bits per heavy atom. The summed E-state index contributed by atoms with van der Waals surface area (Å²) >= 11 is 0. The van der Waals surface area contributed by atoms with E-state index >= 15 is 0 Å². The SMILES string of the molecule is OC1CN[C@H](c2nc(-c3ccc(F)cc3)no2)C1. The van der Waals surface area contributed by atoms with Crippen molar-refractivity contribution in [3.63, 3.8) is 0 Å². The van der Waals surface area contributed by atoms with Crippen LogP contribution in [0.1, 0.15) is 18.4 Å². The number of nitrogens with one attached hydrogen (secondary N) is 1. The third-order valence-corrected chi connectivity index (χ3v) is 2.95. The Balaban J connectivity index is 1.83. The molecule has 3 rings (SSSR count). The van der Waals surface area contributed by atoms with Crippen LogP contribution in [0.2, 0.25) is 0 Å². The van der Waals surface area contributed by atoms with Gasteiger partial charge in [-0.2, -0.15) is 4.98 Å². The van der Waals surface area contributed by atoms with Crippen LogP contribution in [0.15, 0.2) is 28.8 Å². The van der Waals surface area contributed by atoms with Gasteiger partial charge in [0.2, 0.25) is 11.7 Å².